The van der Waals surface area contributed by atoms with Gasteiger partial charge < -0.3 is 0 Å². The van der Waals surface area contributed by atoms with Crippen molar-refractivity contribution in [3.8, 4) is 0 Å². The Morgan fingerprint density at radius 1 is 0.905 bits per heavy atom. The molecule has 0 N–H and O–H groups in total. The maximum absolute atomic E-state index is 6.56. The molecule has 0 radical (unpaired) electrons. The standard InChI is InChI=1S/C17H21ClN2S/c18-15-14-12-9-5-6-10-13(12)21-17(14)20-16(19-15)11-7-3-1-2-4-8-11/h11H,1-10H2. The Morgan fingerprint density at radius 2 is 1.67 bits per heavy atom. The van der Waals surface area contributed by atoms with Crippen molar-refractivity contribution in [1.82, 2.24) is 9.97 Å². The third kappa shape index (κ3) is 2.59. The number of hydrogen-bond acceptors (Lipinski definition) is 3. The molecule has 1 saturated carbocycles. The smallest absolute Gasteiger partial charge is 0.141 e. The lowest BCUT2D eigenvalue weighted by Gasteiger charge is -2.13. The van der Waals surface area contributed by atoms with Gasteiger partial charge in [-0.05, 0) is 44.1 Å². The molecule has 2 aromatic heterocycles. The zero-order valence-electron chi connectivity index (χ0n) is 12.3. The van der Waals surface area contributed by atoms with Gasteiger partial charge in [0.15, 0.2) is 0 Å². The summed E-state index contributed by atoms with van der Waals surface area (Å²) in [6.07, 6.45) is 12.7. The second-order valence-electron chi connectivity index (χ2n) is 6.45. The van der Waals surface area contributed by atoms with Gasteiger partial charge >= 0.3 is 0 Å². The van der Waals surface area contributed by atoms with Crippen molar-refractivity contribution in [1.29, 1.82) is 0 Å². The van der Waals surface area contributed by atoms with E-state index in [1.165, 1.54) is 68.2 Å². The number of thiophene rings is 1. The van der Waals surface area contributed by atoms with Gasteiger partial charge in [0.1, 0.15) is 15.8 Å². The highest BCUT2D eigenvalue weighted by Gasteiger charge is 2.23. The molecule has 2 aromatic rings. The number of aryl methyl sites for hydroxylation is 2. The Morgan fingerprint density at radius 3 is 2.48 bits per heavy atom. The largest absolute Gasteiger partial charge is 0.222 e. The molecule has 2 aliphatic carbocycles. The second kappa shape index (κ2) is 5.85. The van der Waals surface area contributed by atoms with Crippen LogP contribution in [0.25, 0.3) is 10.2 Å². The lowest BCUT2D eigenvalue weighted by molar-refractivity contribution is 0.563. The topological polar surface area (TPSA) is 25.8 Å². The van der Waals surface area contributed by atoms with E-state index in [1.807, 2.05) is 11.3 Å². The highest BCUT2D eigenvalue weighted by atomic mass is 35.5. The number of halogens is 1. The fourth-order valence-electron chi connectivity index (χ4n) is 3.85. The average molecular weight is 321 g/mol. The normalized spacial score (nSPS) is 20.4. The Hall–Kier alpha value is -0.670. The quantitative estimate of drug-likeness (QED) is 0.500. The molecule has 2 nitrogen and oxygen atoms in total. The van der Waals surface area contributed by atoms with Crippen LogP contribution >= 0.6 is 22.9 Å². The molecule has 0 spiro atoms. The van der Waals surface area contributed by atoms with Crippen molar-refractivity contribution in [2.24, 2.45) is 0 Å². The zero-order chi connectivity index (χ0) is 14.2. The van der Waals surface area contributed by atoms with Gasteiger partial charge in [0, 0.05) is 10.8 Å². The zero-order valence-corrected chi connectivity index (χ0v) is 13.9. The fraction of sp³-hybridized carbons (Fsp3) is 0.647. The van der Waals surface area contributed by atoms with Gasteiger partial charge in [-0.15, -0.1) is 11.3 Å². The lowest BCUT2D eigenvalue weighted by Crippen LogP contribution is -2.04. The summed E-state index contributed by atoms with van der Waals surface area (Å²) in [4.78, 5) is 12.3. The lowest BCUT2D eigenvalue weighted by atomic mass is 9.97. The van der Waals surface area contributed by atoms with Crippen molar-refractivity contribution in [3.05, 3.63) is 21.4 Å². The Balaban J connectivity index is 1.78. The van der Waals surface area contributed by atoms with E-state index in [0.717, 1.165) is 22.5 Å². The van der Waals surface area contributed by atoms with Crippen molar-refractivity contribution in [3.63, 3.8) is 0 Å². The first kappa shape index (κ1) is 14.0. The predicted molar refractivity (Wildman–Crippen MR) is 89.5 cm³/mol. The average Bonchev–Trinajstić information content (AvgIpc) is 2.68. The Kier molecular flexibility index (Phi) is 3.89. The Labute approximate surface area is 134 Å². The van der Waals surface area contributed by atoms with Crippen molar-refractivity contribution < 1.29 is 0 Å². The molecule has 0 amide bonds. The fourth-order valence-corrected chi connectivity index (χ4v) is 5.46. The number of fused-ring (bicyclic) bond motifs is 3. The van der Waals surface area contributed by atoms with Crippen molar-refractivity contribution >= 4 is 33.2 Å². The van der Waals surface area contributed by atoms with E-state index in [9.17, 15) is 0 Å². The summed E-state index contributed by atoms with van der Waals surface area (Å²) in [5.74, 6) is 1.53. The van der Waals surface area contributed by atoms with Crippen LogP contribution in [0.4, 0.5) is 0 Å². The monoisotopic (exact) mass is 320 g/mol. The van der Waals surface area contributed by atoms with Crippen LogP contribution in [0.3, 0.4) is 0 Å². The van der Waals surface area contributed by atoms with E-state index in [1.54, 1.807) is 0 Å². The number of hydrogen-bond donors (Lipinski definition) is 0. The van der Waals surface area contributed by atoms with Gasteiger partial charge in [0.2, 0.25) is 0 Å². The van der Waals surface area contributed by atoms with E-state index in [2.05, 4.69) is 0 Å². The highest BCUT2D eigenvalue weighted by Crippen LogP contribution is 2.40. The first-order valence-electron chi connectivity index (χ1n) is 8.30. The molecule has 0 unspecified atom stereocenters. The molecule has 2 aliphatic rings. The van der Waals surface area contributed by atoms with Crippen molar-refractivity contribution in [2.45, 2.75) is 70.1 Å². The minimum absolute atomic E-state index is 0.522. The van der Waals surface area contributed by atoms with Crippen LogP contribution in [0, 0.1) is 0 Å². The third-order valence-corrected chi connectivity index (χ3v) is 6.47. The van der Waals surface area contributed by atoms with Crippen LogP contribution in [-0.4, -0.2) is 9.97 Å². The van der Waals surface area contributed by atoms with Gasteiger partial charge in [-0.1, -0.05) is 37.3 Å². The molecule has 2 heterocycles. The maximum atomic E-state index is 6.56. The predicted octanol–water partition coefficient (Wildman–Crippen LogP) is 5.66. The summed E-state index contributed by atoms with van der Waals surface area (Å²) >= 11 is 8.42. The van der Waals surface area contributed by atoms with E-state index >= 15 is 0 Å². The minimum atomic E-state index is 0.522. The molecular formula is C17H21ClN2S. The summed E-state index contributed by atoms with van der Waals surface area (Å²) in [5, 5.41) is 1.87. The number of rotatable bonds is 1. The molecule has 0 atom stereocenters. The third-order valence-electron chi connectivity index (χ3n) is 5.01. The first-order chi connectivity index (χ1) is 10.3. The highest BCUT2D eigenvalue weighted by molar-refractivity contribution is 7.19. The summed E-state index contributed by atoms with van der Waals surface area (Å²) < 4.78 is 0. The first-order valence-corrected chi connectivity index (χ1v) is 9.50. The molecule has 0 aromatic carbocycles. The van der Waals surface area contributed by atoms with Crippen LogP contribution in [-0.2, 0) is 12.8 Å². The minimum Gasteiger partial charge on any atom is -0.222 e. The van der Waals surface area contributed by atoms with Crippen LogP contribution < -0.4 is 0 Å². The molecular weight excluding hydrogens is 300 g/mol. The summed E-state index contributed by atoms with van der Waals surface area (Å²) in [6, 6.07) is 0. The number of aromatic nitrogens is 2. The van der Waals surface area contributed by atoms with Gasteiger partial charge in [-0.3, -0.25) is 0 Å². The van der Waals surface area contributed by atoms with Gasteiger partial charge in [0.05, 0.1) is 5.39 Å². The van der Waals surface area contributed by atoms with Gasteiger partial charge in [0.25, 0.3) is 0 Å². The molecule has 4 rings (SSSR count). The second-order valence-corrected chi connectivity index (χ2v) is 7.89. The molecule has 0 aliphatic heterocycles. The van der Waals surface area contributed by atoms with Crippen molar-refractivity contribution in [2.75, 3.05) is 0 Å². The molecule has 0 saturated heterocycles. The Bertz CT molecular complexity index is 656. The molecule has 21 heavy (non-hydrogen) atoms. The van der Waals surface area contributed by atoms with Gasteiger partial charge in [-0.2, -0.15) is 0 Å². The molecule has 0 bridgehead atoms. The van der Waals surface area contributed by atoms with Crippen LogP contribution in [0.15, 0.2) is 0 Å². The van der Waals surface area contributed by atoms with Crippen LogP contribution in [0.5, 0.6) is 0 Å². The van der Waals surface area contributed by atoms with E-state index in [4.69, 9.17) is 21.6 Å². The molecule has 1 fully saturated rings. The van der Waals surface area contributed by atoms with Gasteiger partial charge in [-0.25, -0.2) is 9.97 Å². The summed E-state index contributed by atoms with van der Waals surface area (Å²) in [5.41, 5.74) is 1.44. The molecule has 112 valence electrons. The van der Waals surface area contributed by atoms with Crippen LogP contribution in [0.1, 0.15) is 73.5 Å². The van der Waals surface area contributed by atoms with Crippen LogP contribution in [0.2, 0.25) is 5.15 Å². The SMILES string of the molecule is Clc1nc(C2CCCCCC2)nc2sc3c(c12)CCCC3. The number of nitrogens with zero attached hydrogens (tertiary/aromatic N) is 2. The summed E-state index contributed by atoms with van der Waals surface area (Å²) in [7, 11) is 0. The maximum Gasteiger partial charge on any atom is 0.141 e. The van der Waals surface area contributed by atoms with E-state index < -0.39 is 0 Å². The van der Waals surface area contributed by atoms with E-state index in [-0.39, 0.29) is 0 Å². The molecule has 4 heteroatoms. The van der Waals surface area contributed by atoms with E-state index in [0.29, 0.717) is 11.1 Å². The summed E-state index contributed by atoms with van der Waals surface area (Å²) in [6.45, 7) is 0.